The second-order valence-corrected chi connectivity index (χ2v) is 6.34. The molecule has 0 aromatic heterocycles. The number of rotatable bonds is 5. The Labute approximate surface area is 103 Å². The maximum absolute atomic E-state index is 11.3. The Kier molecular flexibility index (Phi) is 4.90. The molecular weight excluding hydrogens is 234 g/mol. The van der Waals surface area contributed by atoms with Crippen LogP contribution in [0.5, 0.6) is 0 Å². The fourth-order valence-corrected chi connectivity index (χ4v) is 1.98. The standard InChI is InChI=1S/C13H19NO2S/c1-11(2)8-9-14-10-12-4-6-13(7-5-12)17(3,15)16/h4-8,14H,9-10H2,1-3H3. The molecule has 0 unspecified atom stereocenters. The third kappa shape index (κ3) is 5.15. The van der Waals surface area contributed by atoms with Gasteiger partial charge < -0.3 is 5.32 Å². The maximum Gasteiger partial charge on any atom is 0.175 e. The van der Waals surface area contributed by atoms with Gasteiger partial charge in [0.2, 0.25) is 0 Å². The van der Waals surface area contributed by atoms with Crippen LogP contribution in [0.1, 0.15) is 19.4 Å². The van der Waals surface area contributed by atoms with Crippen LogP contribution >= 0.6 is 0 Å². The molecule has 0 saturated heterocycles. The van der Waals surface area contributed by atoms with Gasteiger partial charge in [-0.15, -0.1) is 0 Å². The quantitative estimate of drug-likeness (QED) is 0.646. The van der Waals surface area contributed by atoms with Crippen LogP contribution in [0.4, 0.5) is 0 Å². The van der Waals surface area contributed by atoms with Gasteiger partial charge in [0.1, 0.15) is 0 Å². The van der Waals surface area contributed by atoms with Crippen molar-refractivity contribution in [2.24, 2.45) is 0 Å². The molecule has 0 heterocycles. The first-order chi connectivity index (χ1) is 7.89. The largest absolute Gasteiger partial charge is 0.309 e. The van der Waals surface area contributed by atoms with Gasteiger partial charge >= 0.3 is 0 Å². The zero-order valence-corrected chi connectivity index (χ0v) is 11.3. The predicted molar refractivity (Wildman–Crippen MR) is 70.7 cm³/mol. The highest BCUT2D eigenvalue weighted by Gasteiger charge is 2.05. The fourth-order valence-electron chi connectivity index (χ4n) is 1.35. The van der Waals surface area contributed by atoms with Crippen molar-refractivity contribution >= 4 is 9.84 Å². The van der Waals surface area contributed by atoms with E-state index in [0.717, 1.165) is 18.7 Å². The Balaban J connectivity index is 2.55. The van der Waals surface area contributed by atoms with Crippen molar-refractivity contribution in [3.8, 4) is 0 Å². The summed E-state index contributed by atoms with van der Waals surface area (Å²) in [5, 5.41) is 3.27. The molecule has 0 aliphatic rings. The van der Waals surface area contributed by atoms with Crippen LogP contribution in [-0.2, 0) is 16.4 Å². The van der Waals surface area contributed by atoms with E-state index in [0.29, 0.717) is 4.90 Å². The zero-order chi connectivity index (χ0) is 12.9. The summed E-state index contributed by atoms with van der Waals surface area (Å²) in [5.74, 6) is 0. The molecule has 1 rings (SSSR count). The summed E-state index contributed by atoms with van der Waals surface area (Å²) in [6.07, 6.45) is 3.33. The van der Waals surface area contributed by atoms with Crippen LogP contribution in [-0.4, -0.2) is 21.2 Å². The van der Waals surface area contributed by atoms with E-state index in [2.05, 4.69) is 25.2 Å². The van der Waals surface area contributed by atoms with Gasteiger partial charge in [0.25, 0.3) is 0 Å². The summed E-state index contributed by atoms with van der Waals surface area (Å²) in [6.45, 7) is 5.69. The van der Waals surface area contributed by atoms with Gasteiger partial charge in [-0.1, -0.05) is 23.8 Å². The maximum atomic E-state index is 11.3. The highest BCUT2D eigenvalue weighted by Crippen LogP contribution is 2.09. The lowest BCUT2D eigenvalue weighted by Crippen LogP contribution is -2.13. The average molecular weight is 253 g/mol. The first-order valence-corrected chi connectivity index (χ1v) is 7.42. The molecular formula is C13H19NO2S. The minimum Gasteiger partial charge on any atom is -0.309 e. The molecule has 0 aliphatic heterocycles. The molecule has 17 heavy (non-hydrogen) atoms. The van der Waals surface area contributed by atoms with Crippen LogP contribution in [0, 0.1) is 0 Å². The van der Waals surface area contributed by atoms with Gasteiger partial charge in [-0.2, -0.15) is 0 Å². The van der Waals surface area contributed by atoms with Crippen molar-refractivity contribution in [2.45, 2.75) is 25.3 Å². The summed E-state index contributed by atoms with van der Waals surface area (Å²) in [4.78, 5) is 0.366. The van der Waals surface area contributed by atoms with Crippen molar-refractivity contribution in [1.82, 2.24) is 5.32 Å². The molecule has 3 nitrogen and oxygen atoms in total. The van der Waals surface area contributed by atoms with Gasteiger partial charge in [-0.05, 0) is 31.5 Å². The number of sulfone groups is 1. The molecule has 0 atom stereocenters. The van der Waals surface area contributed by atoms with Crippen LogP contribution in [0.3, 0.4) is 0 Å². The molecule has 0 bridgehead atoms. The molecule has 0 amide bonds. The molecule has 1 aromatic carbocycles. The number of nitrogens with one attached hydrogen (secondary N) is 1. The lowest BCUT2D eigenvalue weighted by Gasteiger charge is -2.04. The Morgan fingerprint density at radius 3 is 2.29 bits per heavy atom. The van der Waals surface area contributed by atoms with Crippen LogP contribution in [0.15, 0.2) is 40.8 Å². The molecule has 1 aromatic rings. The summed E-state index contributed by atoms with van der Waals surface area (Å²) in [5.41, 5.74) is 2.37. The lowest BCUT2D eigenvalue weighted by molar-refractivity contribution is 0.602. The van der Waals surface area contributed by atoms with Crippen molar-refractivity contribution in [1.29, 1.82) is 0 Å². The van der Waals surface area contributed by atoms with Crippen molar-refractivity contribution in [2.75, 3.05) is 12.8 Å². The van der Waals surface area contributed by atoms with E-state index >= 15 is 0 Å². The second-order valence-electron chi connectivity index (χ2n) is 4.33. The van der Waals surface area contributed by atoms with Gasteiger partial charge in [-0.3, -0.25) is 0 Å². The summed E-state index contributed by atoms with van der Waals surface area (Å²) >= 11 is 0. The van der Waals surface area contributed by atoms with E-state index < -0.39 is 9.84 Å². The summed E-state index contributed by atoms with van der Waals surface area (Å²) < 4.78 is 22.5. The molecule has 4 heteroatoms. The number of hydrogen-bond acceptors (Lipinski definition) is 3. The molecule has 0 fully saturated rings. The van der Waals surface area contributed by atoms with E-state index in [9.17, 15) is 8.42 Å². The van der Waals surface area contributed by atoms with E-state index in [4.69, 9.17) is 0 Å². The molecule has 0 aliphatic carbocycles. The molecule has 0 saturated carbocycles. The van der Waals surface area contributed by atoms with Crippen LogP contribution in [0.2, 0.25) is 0 Å². The third-order valence-electron chi connectivity index (χ3n) is 2.34. The summed E-state index contributed by atoms with van der Waals surface area (Å²) in [7, 11) is -3.09. The van der Waals surface area contributed by atoms with E-state index in [1.807, 2.05) is 12.1 Å². The number of benzene rings is 1. The topological polar surface area (TPSA) is 46.2 Å². The Morgan fingerprint density at radius 1 is 1.24 bits per heavy atom. The Morgan fingerprint density at radius 2 is 1.82 bits per heavy atom. The average Bonchev–Trinajstić information content (AvgIpc) is 2.23. The molecule has 1 N–H and O–H groups in total. The molecule has 94 valence electrons. The zero-order valence-electron chi connectivity index (χ0n) is 10.5. The van der Waals surface area contributed by atoms with Gasteiger partial charge in [-0.25, -0.2) is 8.42 Å². The Bertz CT molecular complexity index is 483. The summed E-state index contributed by atoms with van der Waals surface area (Å²) in [6, 6.07) is 6.97. The Hall–Kier alpha value is -1.13. The van der Waals surface area contributed by atoms with E-state index in [1.54, 1.807) is 12.1 Å². The number of hydrogen-bond donors (Lipinski definition) is 1. The van der Waals surface area contributed by atoms with Crippen molar-refractivity contribution in [3.05, 3.63) is 41.5 Å². The second kappa shape index (κ2) is 5.98. The van der Waals surface area contributed by atoms with Gasteiger partial charge in [0.15, 0.2) is 9.84 Å². The van der Waals surface area contributed by atoms with E-state index in [1.165, 1.54) is 11.8 Å². The number of allylic oxidation sites excluding steroid dienone is 1. The third-order valence-corrected chi connectivity index (χ3v) is 3.46. The monoisotopic (exact) mass is 253 g/mol. The van der Waals surface area contributed by atoms with Gasteiger partial charge in [0, 0.05) is 19.3 Å². The first-order valence-electron chi connectivity index (χ1n) is 5.52. The SMILES string of the molecule is CC(C)=CCNCc1ccc(S(C)(=O)=O)cc1. The van der Waals surface area contributed by atoms with Crippen LogP contribution < -0.4 is 5.32 Å². The van der Waals surface area contributed by atoms with Crippen molar-refractivity contribution < 1.29 is 8.42 Å². The fraction of sp³-hybridized carbons (Fsp3) is 0.385. The normalized spacial score (nSPS) is 11.2. The highest BCUT2D eigenvalue weighted by atomic mass is 32.2. The lowest BCUT2D eigenvalue weighted by atomic mass is 10.2. The highest BCUT2D eigenvalue weighted by molar-refractivity contribution is 7.90. The van der Waals surface area contributed by atoms with Crippen molar-refractivity contribution in [3.63, 3.8) is 0 Å². The molecule has 0 spiro atoms. The smallest absolute Gasteiger partial charge is 0.175 e. The van der Waals surface area contributed by atoms with E-state index in [-0.39, 0.29) is 0 Å². The molecule has 0 radical (unpaired) electrons. The minimum absolute atomic E-state index is 0.366. The minimum atomic E-state index is -3.09. The predicted octanol–water partition coefficient (Wildman–Crippen LogP) is 2.15. The first kappa shape index (κ1) is 13.9. The van der Waals surface area contributed by atoms with Gasteiger partial charge in [0.05, 0.1) is 4.90 Å². The van der Waals surface area contributed by atoms with Crippen LogP contribution in [0.25, 0.3) is 0 Å².